The lowest BCUT2D eigenvalue weighted by molar-refractivity contribution is -0.577. The molecule has 4 aliphatic heterocycles. The van der Waals surface area contributed by atoms with Gasteiger partial charge in [-0.2, -0.15) is 0 Å². The van der Waals surface area contributed by atoms with Gasteiger partial charge in [0.05, 0.1) is 0 Å². The first-order valence-corrected chi connectivity index (χ1v) is 8.82. The van der Waals surface area contributed by atoms with Gasteiger partial charge in [-0.05, 0) is 44.9 Å². The molecule has 0 radical (unpaired) electrons. The Bertz CT molecular complexity index is 443. The van der Waals surface area contributed by atoms with Crippen molar-refractivity contribution in [1.82, 2.24) is 0 Å². The van der Waals surface area contributed by atoms with Crippen LogP contribution in [-0.4, -0.2) is 30.6 Å². The summed E-state index contributed by atoms with van der Waals surface area (Å²) in [6.07, 6.45) is 3.66. The van der Waals surface area contributed by atoms with Gasteiger partial charge in [0.25, 0.3) is 0 Å². The van der Waals surface area contributed by atoms with Gasteiger partial charge in [-0.15, -0.1) is 0 Å². The van der Waals surface area contributed by atoms with Gasteiger partial charge in [-0.3, -0.25) is 0 Å². The molecule has 0 N–H and O–H groups in total. The molecule has 5 heteroatoms. The zero-order valence-corrected chi connectivity index (χ0v) is 14.0. The molecular formula is C17H28O5. The van der Waals surface area contributed by atoms with Gasteiger partial charge < -0.3 is 14.2 Å². The van der Waals surface area contributed by atoms with E-state index in [-0.39, 0.29) is 18.5 Å². The smallest absolute Gasteiger partial charge is 0.201 e. The SMILES string of the molecule is CCO[C@@H]1O[C@@H]2O[C@@]3(C)CC[C@@H]4[C@H](C)CC[C@@H]([C@@H]1C)[C@@]24OO3. The highest BCUT2D eigenvalue weighted by molar-refractivity contribution is 5.09. The van der Waals surface area contributed by atoms with Gasteiger partial charge >= 0.3 is 0 Å². The van der Waals surface area contributed by atoms with Crippen LogP contribution >= 0.6 is 0 Å². The fourth-order valence-corrected chi connectivity index (χ4v) is 5.23. The molecule has 126 valence electrons. The minimum atomic E-state index is -0.700. The topological polar surface area (TPSA) is 46.2 Å². The van der Waals surface area contributed by atoms with Crippen LogP contribution in [0, 0.1) is 23.7 Å². The summed E-state index contributed by atoms with van der Waals surface area (Å²) >= 11 is 0. The van der Waals surface area contributed by atoms with E-state index in [0.29, 0.717) is 24.4 Å². The van der Waals surface area contributed by atoms with Crippen LogP contribution in [0.25, 0.3) is 0 Å². The molecule has 5 fully saturated rings. The van der Waals surface area contributed by atoms with E-state index >= 15 is 0 Å². The largest absolute Gasteiger partial charge is 0.353 e. The summed E-state index contributed by atoms with van der Waals surface area (Å²) in [4.78, 5) is 11.9. The maximum atomic E-state index is 6.25. The van der Waals surface area contributed by atoms with Crippen LogP contribution in [0.2, 0.25) is 0 Å². The van der Waals surface area contributed by atoms with Crippen molar-refractivity contribution in [2.45, 2.75) is 77.3 Å². The first-order valence-electron chi connectivity index (χ1n) is 8.82. The maximum absolute atomic E-state index is 6.25. The number of rotatable bonds is 2. The molecule has 22 heavy (non-hydrogen) atoms. The third-order valence-corrected chi connectivity index (χ3v) is 6.43. The Hall–Kier alpha value is -0.200. The molecule has 5 aliphatic rings. The van der Waals surface area contributed by atoms with Crippen LogP contribution < -0.4 is 0 Å². The lowest BCUT2D eigenvalue weighted by Gasteiger charge is -2.60. The van der Waals surface area contributed by atoms with Gasteiger partial charge in [0.2, 0.25) is 5.79 Å². The first kappa shape index (κ1) is 15.3. The maximum Gasteiger partial charge on any atom is 0.201 e. The molecule has 0 unspecified atom stereocenters. The predicted octanol–water partition coefficient (Wildman–Crippen LogP) is 3.23. The number of hydrogen-bond donors (Lipinski definition) is 0. The van der Waals surface area contributed by atoms with E-state index in [0.717, 1.165) is 19.3 Å². The molecule has 0 amide bonds. The van der Waals surface area contributed by atoms with E-state index in [1.807, 2.05) is 13.8 Å². The second-order valence-electron chi connectivity index (χ2n) is 7.73. The Kier molecular flexibility index (Phi) is 3.59. The van der Waals surface area contributed by atoms with Gasteiger partial charge in [0.1, 0.15) is 0 Å². The molecule has 5 nitrogen and oxygen atoms in total. The molecule has 0 aromatic rings. The quantitative estimate of drug-likeness (QED) is 0.733. The van der Waals surface area contributed by atoms with Crippen molar-refractivity contribution in [2.24, 2.45) is 23.7 Å². The first-order chi connectivity index (χ1) is 10.5. The van der Waals surface area contributed by atoms with E-state index < -0.39 is 11.4 Å². The van der Waals surface area contributed by atoms with Crippen molar-refractivity contribution in [3.05, 3.63) is 0 Å². The molecule has 4 saturated heterocycles. The highest BCUT2D eigenvalue weighted by Gasteiger charge is 2.69. The summed E-state index contributed by atoms with van der Waals surface area (Å²) < 4.78 is 18.3. The lowest BCUT2D eigenvalue weighted by atomic mass is 9.58. The standard InChI is InChI=1S/C17H28O5/c1-5-18-14-11(3)13-7-6-10(2)12-8-9-16(4)20-15(19-14)17(12,13)22-21-16/h10-15H,5-9H2,1-4H3/t10-,11+,12-,13+,14-,15-,16-,17-/m1/s1. The fourth-order valence-electron chi connectivity index (χ4n) is 5.23. The summed E-state index contributed by atoms with van der Waals surface area (Å²) in [5.74, 6) is 0.957. The highest BCUT2D eigenvalue weighted by Crippen LogP contribution is 2.60. The molecule has 8 atom stereocenters. The van der Waals surface area contributed by atoms with Gasteiger partial charge in [0.15, 0.2) is 18.2 Å². The monoisotopic (exact) mass is 312 g/mol. The molecule has 1 spiro atoms. The Morgan fingerprint density at radius 1 is 1.09 bits per heavy atom. The zero-order chi connectivity index (χ0) is 15.5. The van der Waals surface area contributed by atoms with Crippen molar-refractivity contribution >= 4 is 0 Å². The number of ether oxygens (including phenoxy) is 3. The molecular weight excluding hydrogens is 284 g/mol. The zero-order valence-electron chi connectivity index (χ0n) is 14.0. The summed E-state index contributed by atoms with van der Waals surface area (Å²) in [7, 11) is 0. The van der Waals surface area contributed by atoms with Crippen LogP contribution in [0.5, 0.6) is 0 Å². The Morgan fingerprint density at radius 3 is 2.68 bits per heavy atom. The molecule has 5 rings (SSSR count). The number of hydrogen-bond acceptors (Lipinski definition) is 5. The van der Waals surface area contributed by atoms with Crippen molar-refractivity contribution in [1.29, 1.82) is 0 Å². The van der Waals surface area contributed by atoms with Crippen LogP contribution in [0.3, 0.4) is 0 Å². The predicted molar refractivity (Wildman–Crippen MR) is 78.5 cm³/mol. The van der Waals surface area contributed by atoms with Gasteiger partial charge in [0, 0.05) is 24.9 Å². The van der Waals surface area contributed by atoms with Crippen LogP contribution in [-0.2, 0) is 24.0 Å². The van der Waals surface area contributed by atoms with E-state index in [2.05, 4.69) is 13.8 Å². The van der Waals surface area contributed by atoms with Crippen LogP contribution in [0.15, 0.2) is 0 Å². The normalized spacial score (nSPS) is 57.3. The molecule has 2 bridgehead atoms. The van der Waals surface area contributed by atoms with E-state index in [9.17, 15) is 0 Å². The van der Waals surface area contributed by atoms with Crippen molar-refractivity contribution in [3.63, 3.8) is 0 Å². The third kappa shape index (κ3) is 1.96. The summed E-state index contributed by atoms with van der Waals surface area (Å²) in [5.41, 5.74) is -0.472. The summed E-state index contributed by atoms with van der Waals surface area (Å²) in [6.45, 7) is 9.15. The van der Waals surface area contributed by atoms with E-state index in [1.54, 1.807) is 0 Å². The molecule has 4 heterocycles. The minimum Gasteiger partial charge on any atom is -0.353 e. The van der Waals surface area contributed by atoms with Crippen molar-refractivity contribution in [3.8, 4) is 0 Å². The molecule has 1 saturated carbocycles. The second kappa shape index (κ2) is 5.15. The highest BCUT2D eigenvalue weighted by atomic mass is 17.3. The Morgan fingerprint density at radius 2 is 1.91 bits per heavy atom. The summed E-state index contributed by atoms with van der Waals surface area (Å²) in [5, 5.41) is 0. The lowest BCUT2D eigenvalue weighted by Crippen LogP contribution is -2.70. The Balaban J connectivity index is 1.75. The molecule has 1 aliphatic carbocycles. The van der Waals surface area contributed by atoms with Crippen molar-refractivity contribution in [2.75, 3.05) is 6.61 Å². The number of fused-ring (bicyclic) bond motifs is 2. The average molecular weight is 312 g/mol. The summed E-state index contributed by atoms with van der Waals surface area (Å²) in [6, 6.07) is 0. The van der Waals surface area contributed by atoms with Gasteiger partial charge in [-0.25, -0.2) is 9.78 Å². The third-order valence-electron chi connectivity index (χ3n) is 6.43. The minimum absolute atomic E-state index is 0.216. The van der Waals surface area contributed by atoms with Crippen LogP contribution in [0.4, 0.5) is 0 Å². The second-order valence-corrected chi connectivity index (χ2v) is 7.73. The van der Waals surface area contributed by atoms with Crippen LogP contribution in [0.1, 0.15) is 53.4 Å². The Labute approximate surface area is 132 Å². The van der Waals surface area contributed by atoms with E-state index in [1.165, 1.54) is 6.42 Å². The van der Waals surface area contributed by atoms with E-state index in [4.69, 9.17) is 24.0 Å². The fraction of sp³-hybridized carbons (Fsp3) is 1.00. The van der Waals surface area contributed by atoms with Crippen molar-refractivity contribution < 1.29 is 24.0 Å². The molecule has 0 aromatic carbocycles. The van der Waals surface area contributed by atoms with Gasteiger partial charge in [-0.1, -0.05) is 13.8 Å². The average Bonchev–Trinajstić information content (AvgIpc) is 2.71. The molecule has 0 aromatic heterocycles.